The summed E-state index contributed by atoms with van der Waals surface area (Å²) in [5.74, 6) is -0.955. The van der Waals surface area contributed by atoms with Crippen molar-refractivity contribution in [3.05, 3.63) is 0 Å². The van der Waals surface area contributed by atoms with Crippen molar-refractivity contribution in [3.8, 4) is 0 Å². The molecule has 470 valence electrons. The van der Waals surface area contributed by atoms with Crippen molar-refractivity contribution in [3.63, 3.8) is 0 Å². The summed E-state index contributed by atoms with van der Waals surface area (Å²) in [6, 6.07) is -1.68. The SMILES string of the molecule is CC(C)(C)OC(=O)CCCCCCCCCCCCCCCCCCCCC(=O)N[C@@H](CSSC[C@H](NC(=O)CCCCCCCCCCCCCCCCCCCCC(=O)OC(C)(C)C)C(=O)OC(C)(C)C)C(=O)OC(C)(C)C. The molecule has 0 aliphatic heterocycles. The monoisotopic (exact) mass is 1170 g/mol. The zero-order chi connectivity index (χ0) is 60.0. The minimum Gasteiger partial charge on any atom is -0.460 e. The van der Waals surface area contributed by atoms with Crippen molar-refractivity contribution in [1.29, 1.82) is 0 Å². The summed E-state index contributed by atoms with van der Waals surface area (Å²) in [6.07, 6.45) is 44.8. The minimum atomic E-state index is -0.841. The molecule has 2 atom stereocenters. The Morgan fingerprint density at radius 1 is 0.275 bits per heavy atom. The first-order valence-electron chi connectivity index (χ1n) is 32.5. The molecule has 2 amide bonds. The molecule has 0 radical (unpaired) electrons. The highest BCUT2D eigenvalue weighted by Crippen LogP contribution is 2.26. The van der Waals surface area contributed by atoms with Crippen LogP contribution in [0.1, 0.15) is 340 Å². The molecule has 0 aliphatic rings. The van der Waals surface area contributed by atoms with E-state index in [9.17, 15) is 28.8 Å². The largest absolute Gasteiger partial charge is 0.460 e. The van der Waals surface area contributed by atoms with E-state index >= 15 is 0 Å². The van der Waals surface area contributed by atoms with Crippen LogP contribution in [0.25, 0.3) is 0 Å². The maximum Gasteiger partial charge on any atom is 0.330 e. The normalized spacial score (nSPS) is 12.9. The zero-order valence-corrected chi connectivity index (χ0v) is 55.4. The Kier molecular flexibility index (Phi) is 46.3. The summed E-state index contributed by atoms with van der Waals surface area (Å²) in [7, 11) is 2.73. The molecule has 12 nitrogen and oxygen atoms in total. The molecule has 0 fully saturated rings. The van der Waals surface area contributed by atoms with E-state index in [1.165, 1.54) is 189 Å². The van der Waals surface area contributed by atoms with E-state index in [0.717, 1.165) is 64.2 Å². The molecule has 0 spiro atoms. The van der Waals surface area contributed by atoms with Crippen molar-refractivity contribution in [2.45, 2.75) is 374 Å². The summed E-state index contributed by atoms with van der Waals surface area (Å²) in [6.45, 7) is 22.3. The Morgan fingerprint density at radius 2 is 0.450 bits per heavy atom. The maximum absolute atomic E-state index is 13.3. The first-order chi connectivity index (χ1) is 37.8. The van der Waals surface area contributed by atoms with E-state index in [1.807, 2.05) is 83.1 Å². The third-order valence-electron chi connectivity index (χ3n) is 13.5. The van der Waals surface area contributed by atoms with Gasteiger partial charge in [-0.1, -0.05) is 227 Å². The highest BCUT2D eigenvalue weighted by atomic mass is 33.1. The van der Waals surface area contributed by atoms with E-state index in [2.05, 4.69) is 10.6 Å². The van der Waals surface area contributed by atoms with Crippen LogP contribution in [0, 0.1) is 0 Å². The average molecular weight is 1170 g/mol. The van der Waals surface area contributed by atoms with Gasteiger partial charge < -0.3 is 29.6 Å². The lowest BCUT2D eigenvalue weighted by Crippen LogP contribution is -2.46. The molecule has 0 bridgehead atoms. The smallest absolute Gasteiger partial charge is 0.330 e. The molecular formula is C66H124N2O10S2. The van der Waals surface area contributed by atoms with Crippen molar-refractivity contribution in [2.75, 3.05) is 11.5 Å². The number of esters is 4. The van der Waals surface area contributed by atoms with E-state index in [-0.39, 0.29) is 35.3 Å². The molecule has 0 heterocycles. The molecule has 0 saturated carbocycles. The maximum atomic E-state index is 13.3. The zero-order valence-electron chi connectivity index (χ0n) is 53.8. The van der Waals surface area contributed by atoms with Crippen LogP contribution in [-0.4, -0.2) is 81.7 Å². The van der Waals surface area contributed by atoms with Crippen LogP contribution in [0.2, 0.25) is 0 Å². The van der Waals surface area contributed by atoms with Gasteiger partial charge in [0.15, 0.2) is 0 Å². The number of amides is 2. The topological polar surface area (TPSA) is 163 Å². The number of hydrogen-bond acceptors (Lipinski definition) is 12. The van der Waals surface area contributed by atoms with E-state index in [4.69, 9.17) is 18.9 Å². The summed E-state index contributed by atoms with van der Waals surface area (Å²) < 4.78 is 22.1. The molecule has 80 heavy (non-hydrogen) atoms. The van der Waals surface area contributed by atoms with Crippen LogP contribution >= 0.6 is 21.6 Å². The number of hydrogen-bond donors (Lipinski definition) is 2. The Hall–Kier alpha value is -2.48. The molecular weight excluding hydrogens is 1040 g/mol. The number of carbonyl (C=O) groups excluding carboxylic acids is 6. The lowest BCUT2D eigenvalue weighted by Gasteiger charge is -2.25. The lowest BCUT2D eigenvalue weighted by atomic mass is 10.0. The molecule has 14 heteroatoms. The van der Waals surface area contributed by atoms with Crippen molar-refractivity contribution in [2.24, 2.45) is 0 Å². The molecule has 0 aromatic heterocycles. The second-order valence-electron chi connectivity index (χ2n) is 26.8. The molecule has 0 saturated heterocycles. The highest BCUT2D eigenvalue weighted by molar-refractivity contribution is 8.76. The summed E-state index contributed by atoms with van der Waals surface area (Å²) >= 11 is 0. The van der Waals surface area contributed by atoms with Gasteiger partial charge in [0.1, 0.15) is 34.5 Å². The van der Waals surface area contributed by atoms with E-state index in [1.54, 1.807) is 0 Å². The fraction of sp³-hybridized carbons (Fsp3) is 0.909. The minimum absolute atomic E-state index is 0.0782. The second kappa shape index (κ2) is 47.8. The van der Waals surface area contributed by atoms with Crippen molar-refractivity contribution < 1.29 is 47.7 Å². The second-order valence-corrected chi connectivity index (χ2v) is 29.3. The Bertz CT molecular complexity index is 1480. The Balaban J connectivity index is 4.30. The van der Waals surface area contributed by atoms with Crippen LogP contribution in [0.3, 0.4) is 0 Å². The van der Waals surface area contributed by atoms with Gasteiger partial charge in [-0.3, -0.25) is 19.2 Å². The van der Waals surface area contributed by atoms with Gasteiger partial charge in [-0.15, -0.1) is 0 Å². The van der Waals surface area contributed by atoms with Gasteiger partial charge >= 0.3 is 23.9 Å². The third-order valence-corrected chi connectivity index (χ3v) is 15.9. The fourth-order valence-electron chi connectivity index (χ4n) is 9.40. The average Bonchev–Trinajstić information content (AvgIpc) is 3.33. The highest BCUT2D eigenvalue weighted by Gasteiger charge is 2.30. The van der Waals surface area contributed by atoms with Gasteiger partial charge in [0.05, 0.1) is 0 Å². The number of ether oxygens (including phenoxy) is 4. The van der Waals surface area contributed by atoms with Crippen LogP contribution < -0.4 is 10.6 Å². The Labute approximate surface area is 499 Å². The van der Waals surface area contributed by atoms with Gasteiger partial charge in [0, 0.05) is 37.2 Å². The summed E-state index contributed by atoms with van der Waals surface area (Å²) in [4.78, 5) is 76.3. The third kappa shape index (κ3) is 56.0. The van der Waals surface area contributed by atoms with Gasteiger partial charge in [0.25, 0.3) is 0 Å². The first-order valence-corrected chi connectivity index (χ1v) is 35.0. The molecule has 0 aromatic rings. The number of rotatable bonds is 51. The summed E-state index contributed by atoms with van der Waals surface area (Å²) in [5, 5.41) is 5.85. The molecule has 0 aliphatic carbocycles. The van der Waals surface area contributed by atoms with Crippen LogP contribution in [0.4, 0.5) is 0 Å². The molecule has 0 rings (SSSR count). The van der Waals surface area contributed by atoms with Gasteiger partial charge in [0.2, 0.25) is 11.8 Å². The van der Waals surface area contributed by atoms with Crippen molar-refractivity contribution >= 4 is 57.3 Å². The standard InChI is InChI=1S/C66H124N2O10S2/c1-63(2,3)75-59(71)51-47-43-39-35-31-27-23-19-15-13-17-21-25-29-33-37-41-45-49-57(69)67-55(61(73)77-65(7,8)9)53-79-80-54-56(62(74)78-66(10,11)12)68-58(70)50-46-42-38-34-30-26-22-18-14-16-20-24-28-32-36-40-44-48-52-60(72)76-64(4,5)6/h55-56H,13-54H2,1-12H3,(H,67,69)(H,68,70)/t55-,56-/m0/s1. The van der Waals surface area contributed by atoms with E-state index in [0.29, 0.717) is 25.7 Å². The van der Waals surface area contributed by atoms with Gasteiger partial charge in [-0.2, -0.15) is 0 Å². The fourth-order valence-corrected chi connectivity index (χ4v) is 11.7. The predicted octanol–water partition coefficient (Wildman–Crippen LogP) is 18.3. The number of carbonyl (C=O) groups is 6. The Morgan fingerprint density at radius 3 is 0.637 bits per heavy atom. The lowest BCUT2D eigenvalue weighted by molar-refractivity contribution is -0.158. The predicted molar refractivity (Wildman–Crippen MR) is 337 cm³/mol. The molecule has 0 unspecified atom stereocenters. The van der Waals surface area contributed by atoms with Crippen molar-refractivity contribution in [1.82, 2.24) is 10.6 Å². The molecule has 0 aromatic carbocycles. The number of unbranched alkanes of at least 4 members (excludes halogenated alkanes) is 34. The van der Waals surface area contributed by atoms with Crippen LogP contribution in [-0.2, 0) is 47.7 Å². The van der Waals surface area contributed by atoms with Crippen LogP contribution in [0.5, 0.6) is 0 Å². The molecule has 2 N–H and O–H groups in total. The number of nitrogens with one attached hydrogen (secondary N) is 2. The summed E-state index contributed by atoms with van der Waals surface area (Å²) in [5.41, 5.74) is -2.21. The van der Waals surface area contributed by atoms with E-state index < -0.39 is 46.4 Å². The van der Waals surface area contributed by atoms with Crippen LogP contribution in [0.15, 0.2) is 0 Å². The quantitative estimate of drug-likeness (QED) is 0.0257. The van der Waals surface area contributed by atoms with Gasteiger partial charge in [-0.05, 0) is 109 Å². The first kappa shape index (κ1) is 77.5. The van der Waals surface area contributed by atoms with Gasteiger partial charge in [-0.25, -0.2) is 9.59 Å².